The molecule has 92 valence electrons. The minimum absolute atomic E-state index is 0.0185. The van der Waals surface area contributed by atoms with E-state index in [1.807, 2.05) is 13.8 Å². The van der Waals surface area contributed by atoms with Crippen LogP contribution >= 0.6 is 0 Å². The number of nitrogens with one attached hydrogen (secondary N) is 1. The molecule has 1 rings (SSSR count). The number of Topliss-reactive ketones (excluding diaryl/α,β-unsaturated/α-hetero) is 1. The van der Waals surface area contributed by atoms with Gasteiger partial charge in [-0.25, -0.2) is 0 Å². The zero-order chi connectivity index (χ0) is 12.1. The van der Waals surface area contributed by atoms with E-state index in [1.54, 1.807) is 0 Å². The summed E-state index contributed by atoms with van der Waals surface area (Å²) in [5.41, 5.74) is 5.86. The molecule has 0 aliphatic heterocycles. The van der Waals surface area contributed by atoms with E-state index < -0.39 is 17.7 Å². The molecule has 1 aliphatic carbocycles. The van der Waals surface area contributed by atoms with Gasteiger partial charge in [0, 0.05) is 6.04 Å². The van der Waals surface area contributed by atoms with Crippen LogP contribution in [0, 0.1) is 5.92 Å². The van der Waals surface area contributed by atoms with Gasteiger partial charge < -0.3 is 11.1 Å². The lowest BCUT2D eigenvalue weighted by atomic mass is 9.82. The molecule has 4 nitrogen and oxygen atoms in total. The Kier molecular flexibility index (Phi) is 4.93. The Balaban J connectivity index is 2.48. The largest absolute Gasteiger partial charge is 0.347 e. The van der Waals surface area contributed by atoms with Gasteiger partial charge in [-0.15, -0.1) is 0 Å². The molecule has 0 saturated heterocycles. The van der Waals surface area contributed by atoms with Crippen molar-refractivity contribution in [1.29, 1.82) is 0 Å². The molecule has 1 aliphatic rings. The summed E-state index contributed by atoms with van der Waals surface area (Å²) in [6.45, 7) is 3.66. The van der Waals surface area contributed by atoms with Crippen molar-refractivity contribution in [2.45, 2.75) is 58.0 Å². The zero-order valence-electron chi connectivity index (χ0n) is 10.2. The Bertz CT molecular complexity index is 258. The molecule has 0 heterocycles. The molecule has 1 fully saturated rings. The minimum atomic E-state index is -0.612. The molecule has 0 aromatic heterocycles. The molecule has 1 amide bonds. The van der Waals surface area contributed by atoms with E-state index in [0.29, 0.717) is 0 Å². The second kappa shape index (κ2) is 5.99. The van der Waals surface area contributed by atoms with Gasteiger partial charge in [0.2, 0.25) is 5.78 Å². The predicted molar refractivity (Wildman–Crippen MR) is 62.8 cm³/mol. The minimum Gasteiger partial charge on any atom is -0.347 e. The Morgan fingerprint density at radius 1 is 1.19 bits per heavy atom. The van der Waals surface area contributed by atoms with Crippen LogP contribution in [0.3, 0.4) is 0 Å². The Morgan fingerprint density at radius 3 is 2.25 bits per heavy atom. The topological polar surface area (TPSA) is 72.2 Å². The van der Waals surface area contributed by atoms with Crippen molar-refractivity contribution in [3.05, 3.63) is 0 Å². The van der Waals surface area contributed by atoms with Gasteiger partial charge >= 0.3 is 0 Å². The summed E-state index contributed by atoms with van der Waals surface area (Å²) in [4.78, 5) is 23.2. The van der Waals surface area contributed by atoms with Crippen molar-refractivity contribution < 1.29 is 9.59 Å². The quantitative estimate of drug-likeness (QED) is 0.702. The summed E-state index contributed by atoms with van der Waals surface area (Å²) >= 11 is 0. The van der Waals surface area contributed by atoms with Gasteiger partial charge in [-0.2, -0.15) is 0 Å². The molecule has 3 N–H and O–H groups in total. The highest BCUT2D eigenvalue weighted by atomic mass is 16.2. The van der Waals surface area contributed by atoms with Gasteiger partial charge in [-0.3, -0.25) is 9.59 Å². The van der Waals surface area contributed by atoms with Crippen molar-refractivity contribution in [3.8, 4) is 0 Å². The highest BCUT2D eigenvalue weighted by Gasteiger charge is 2.30. The third-order valence-electron chi connectivity index (χ3n) is 3.10. The first kappa shape index (κ1) is 13.2. The Labute approximate surface area is 97.0 Å². The molecule has 0 bridgehead atoms. The van der Waals surface area contributed by atoms with Crippen LogP contribution in [0.15, 0.2) is 0 Å². The van der Waals surface area contributed by atoms with Crippen LogP contribution in [-0.2, 0) is 9.59 Å². The molecule has 16 heavy (non-hydrogen) atoms. The fraction of sp³-hybridized carbons (Fsp3) is 0.833. The second-order valence-electron chi connectivity index (χ2n) is 4.92. The maximum atomic E-state index is 11.7. The number of carbonyl (C=O) groups is 2. The van der Waals surface area contributed by atoms with E-state index >= 15 is 0 Å². The third kappa shape index (κ3) is 3.59. The molecular weight excluding hydrogens is 204 g/mol. The van der Waals surface area contributed by atoms with E-state index in [1.165, 1.54) is 6.42 Å². The predicted octanol–water partition coefficient (Wildman–Crippen LogP) is 0.988. The van der Waals surface area contributed by atoms with Crippen molar-refractivity contribution in [2.75, 3.05) is 0 Å². The lowest BCUT2D eigenvalue weighted by Gasteiger charge is -2.26. The molecule has 0 radical (unpaired) electrons. The standard InChI is InChI=1S/C12H22N2O2/c1-8(2)14-12(16)11(15)10(13)9-6-4-3-5-7-9/h8-10H,3-7,13H2,1-2H3,(H,14,16). The van der Waals surface area contributed by atoms with Crippen LogP contribution in [0.4, 0.5) is 0 Å². The van der Waals surface area contributed by atoms with Crippen LogP contribution in [0.25, 0.3) is 0 Å². The Hall–Kier alpha value is -0.900. The van der Waals surface area contributed by atoms with Crippen LogP contribution in [-0.4, -0.2) is 23.8 Å². The van der Waals surface area contributed by atoms with E-state index in [9.17, 15) is 9.59 Å². The molecule has 0 aromatic rings. The first-order valence-corrected chi connectivity index (χ1v) is 6.12. The van der Waals surface area contributed by atoms with Gasteiger partial charge in [0.15, 0.2) is 0 Å². The maximum Gasteiger partial charge on any atom is 0.289 e. The number of nitrogens with two attached hydrogens (primary N) is 1. The normalized spacial score (nSPS) is 19.5. The van der Waals surface area contributed by atoms with E-state index in [-0.39, 0.29) is 12.0 Å². The highest BCUT2D eigenvalue weighted by Crippen LogP contribution is 2.25. The average Bonchev–Trinajstić information content (AvgIpc) is 2.27. The van der Waals surface area contributed by atoms with Gasteiger partial charge in [0.05, 0.1) is 6.04 Å². The molecule has 0 aromatic carbocycles. The first-order chi connectivity index (χ1) is 7.52. The van der Waals surface area contributed by atoms with Gasteiger partial charge in [0.25, 0.3) is 5.91 Å². The molecule has 0 spiro atoms. The SMILES string of the molecule is CC(C)NC(=O)C(=O)C(N)C1CCCCC1. The summed E-state index contributed by atoms with van der Waals surface area (Å²) < 4.78 is 0. The number of amides is 1. The average molecular weight is 226 g/mol. The molecule has 1 unspecified atom stereocenters. The fourth-order valence-corrected chi connectivity index (χ4v) is 2.19. The third-order valence-corrected chi connectivity index (χ3v) is 3.10. The number of hydrogen-bond donors (Lipinski definition) is 2. The van der Waals surface area contributed by atoms with Crippen molar-refractivity contribution in [3.63, 3.8) is 0 Å². The second-order valence-corrected chi connectivity index (χ2v) is 4.92. The Morgan fingerprint density at radius 2 is 1.75 bits per heavy atom. The first-order valence-electron chi connectivity index (χ1n) is 6.12. The molecular formula is C12H22N2O2. The van der Waals surface area contributed by atoms with Crippen molar-refractivity contribution in [1.82, 2.24) is 5.32 Å². The van der Waals surface area contributed by atoms with Gasteiger partial charge in [-0.1, -0.05) is 19.3 Å². The van der Waals surface area contributed by atoms with Crippen molar-refractivity contribution >= 4 is 11.7 Å². The summed E-state index contributed by atoms with van der Waals surface area (Å²) in [6.07, 6.45) is 5.41. The van der Waals surface area contributed by atoms with E-state index in [4.69, 9.17) is 5.73 Å². The summed E-state index contributed by atoms with van der Waals surface area (Å²) in [6, 6.07) is -0.631. The summed E-state index contributed by atoms with van der Waals surface area (Å²) in [5, 5.41) is 2.59. The van der Waals surface area contributed by atoms with Gasteiger partial charge in [0.1, 0.15) is 0 Å². The lowest BCUT2D eigenvalue weighted by molar-refractivity contribution is -0.139. The lowest BCUT2D eigenvalue weighted by Crippen LogP contribution is -2.48. The number of rotatable bonds is 4. The number of hydrogen-bond acceptors (Lipinski definition) is 3. The van der Waals surface area contributed by atoms with E-state index in [2.05, 4.69) is 5.32 Å². The van der Waals surface area contributed by atoms with Crippen LogP contribution < -0.4 is 11.1 Å². The molecule has 1 saturated carbocycles. The summed E-state index contributed by atoms with van der Waals surface area (Å²) in [5.74, 6) is -0.798. The zero-order valence-corrected chi connectivity index (χ0v) is 10.2. The van der Waals surface area contributed by atoms with E-state index in [0.717, 1.165) is 25.7 Å². The molecule has 1 atom stereocenters. The fourth-order valence-electron chi connectivity index (χ4n) is 2.19. The van der Waals surface area contributed by atoms with Crippen molar-refractivity contribution in [2.24, 2.45) is 11.7 Å². The highest BCUT2D eigenvalue weighted by molar-refractivity contribution is 6.38. The van der Waals surface area contributed by atoms with Crippen LogP contribution in [0.1, 0.15) is 46.0 Å². The number of carbonyl (C=O) groups excluding carboxylic acids is 2. The smallest absolute Gasteiger partial charge is 0.289 e. The van der Waals surface area contributed by atoms with Crippen LogP contribution in [0.5, 0.6) is 0 Å². The van der Waals surface area contributed by atoms with Gasteiger partial charge in [-0.05, 0) is 32.6 Å². The van der Waals surface area contributed by atoms with Crippen LogP contribution in [0.2, 0.25) is 0 Å². The molecule has 4 heteroatoms. The monoisotopic (exact) mass is 226 g/mol. The number of ketones is 1. The summed E-state index contributed by atoms with van der Waals surface area (Å²) in [7, 11) is 0. The maximum absolute atomic E-state index is 11.7.